The van der Waals surface area contributed by atoms with E-state index in [1.807, 2.05) is 0 Å². The van der Waals surface area contributed by atoms with Crippen molar-refractivity contribution in [3.8, 4) is 0 Å². The number of carboxylic acids is 1. The van der Waals surface area contributed by atoms with Crippen molar-refractivity contribution in [2.75, 3.05) is 11.1 Å². The van der Waals surface area contributed by atoms with Crippen LogP contribution in [0.15, 0.2) is 36.5 Å². The molecular formula is C17H16N2O5S. The van der Waals surface area contributed by atoms with E-state index >= 15 is 0 Å². The normalized spacial score (nSPS) is 15.2. The number of aryl methyl sites for hydroxylation is 1. The molecule has 1 aliphatic rings. The molecule has 1 amide bonds. The highest BCUT2D eigenvalue weighted by Gasteiger charge is 2.23. The molecule has 1 aliphatic heterocycles. The summed E-state index contributed by atoms with van der Waals surface area (Å²) in [6.07, 6.45) is 1.55. The number of amides is 1. The maximum absolute atomic E-state index is 12.5. The summed E-state index contributed by atoms with van der Waals surface area (Å²) in [5, 5.41) is 11.6. The van der Waals surface area contributed by atoms with Crippen LogP contribution < -0.4 is 5.32 Å². The van der Waals surface area contributed by atoms with E-state index in [2.05, 4.69) is 10.3 Å². The van der Waals surface area contributed by atoms with Crippen LogP contribution in [0.3, 0.4) is 0 Å². The van der Waals surface area contributed by atoms with Crippen molar-refractivity contribution in [1.29, 1.82) is 0 Å². The number of benzene rings is 1. The molecule has 0 aliphatic carbocycles. The smallest absolute Gasteiger partial charge is 0.307 e. The average Bonchev–Trinajstić information content (AvgIpc) is 2.54. The molecule has 0 saturated heterocycles. The fourth-order valence-electron chi connectivity index (χ4n) is 2.73. The Kier molecular flexibility index (Phi) is 4.54. The molecule has 3 rings (SSSR count). The molecule has 0 saturated carbocycles. The van der Waals surface area contributed by atoms with E-state index in [0.29, 0.717) is 28.9 Å². The van der Waals surface area contributed by atoms with Gasteiger partial charge in [0.15, 0.2) is 9.84 Å². The van der Waals surface area contributed by atoms with E-state index < -0.39 is 21.7 Å². The van der Waals surface area contributed by atoms with Gasteiger partial charge in [0, 0.05) is 24.0 Å². The minimum Gasteiger partial charge on any atom is -0.481 e. The van der Waals surface area contributed by atoms with E-state index in [9.17, 15) is 18.0 Å². The topological polar surface area (TPSA) is 113 Å². The molecule has 0 bridgehead atoms. The van der Waals surface area contributed by atoms with Gasteiger partial charge in [0.25, 0.3) is 5.91 Å². The van der Waals surface area contributed by atoms with Crippen molar-refractivity contribution in [3.05, 3.63) is 58.9 Å². The second-order valence-electron chi connectivity index (χ2n) is 5.85. The van der Waals surface area contributed by atoms with Gasteiger partial charge >= 0.3 is 5.97 Å². The number of sulfone groups is 1. The Hall–Kier alpha value is -2.74. The molecule has 0 atom stereocenters. The fraction of sp³-hybridized carbons (Fsp3) is 0.235. The first-order valence-corrected chi connectivity index (χ1v) is 9.45. The summed E-state index contributed by atoms with van der Waals surface area (Å²) < 4.78 is 23.5. The molecule has 0 radical (unpaired) electrons. The summed E-state index contributed by atoms with van der Waals surface area (Å²) >= 11 is 0. The Balaban J connectivity index is 1.84. The molecule has 2 aromatic rings. The van der Waals surface area contributed by atoms with Gasteiger partial charge in [-0.2, -0.15) is 0 Å². The summed E-state index contributed by atoms with van der Waals surface area (Å²) in [5.41, 5.74) is 2.36. The summed E-state index contributed by atoms with van der Waals surface area (Å²) in [7, 11) is -3.15. The van der Waals surface area contributed by atoms with Gasteiger partial charge in [-0.15, -0.1) is 0 Å². The van der Waals surface area contributed by atoms with Crippen LogP contribution in [0.25, 0.3) is 0 Å². The van der Waals surface area contributed by atoms with Crippen LogP contribution in [-0.2, 0) is 33.2 Å². The van der Waals surface area contributed by atoms with Gasteiger partial charge in [0.2, 0.25) is 0 Å². The van der Waals surface area contributed by atoms with Gasteiger partial charge in [-0.1, -0.05) is 18.2 Å². The van der Waals surface area contributed by atoms with Gasteiger partial charge in [0.1, 0.15) is 0 Å². The lowest BCUT2D eigenvalue weighted by Gasteiger charge is -2.16. The van der Waals surface area contributed by atoms with Crippen LogP contribution in [-0.4, -0.2) is 36.1 Å². The average molecular weight is 360 g/mol. The molecule has 2 N–H and O–H groups in total. The third-order valence-corrected chi connectivity index (χ3v) is 5.53. The second-order valence-corrected chi connectivity index (χ2v) is 8.04. The summed E-state index contributed by atoms with van der Waals surface area (Å²) in [4.78, 5) is 27.6. The number of nitrogens with one attached hydrogen (secondary N) is 1. The molecule has 0 fully saturated rings. The minimum absolute atomic E-state index is 0.0705. The second kappa shape index (κ2) is 6.64. The monoisotopic (exact) mass is 360 g/mol. The molecular weight excluding hydrogens is 344 g/mol. The van der Waals surface area contributed by atoms with E-state index in [1.54, 1.807) is 24.3 Å². The van der Waals surface area contributed by atoms with Crippen LogP contribution in [0.5, 0.6) is 0 Å². The molecule has 25 heavy (non-hydrogen) atoms. The number of pyridine rings is 1. The summed E-state index contributed by atoms with van der Waals surface area (Å²) in [6, 6.07) is 8.17. The molecule has 1 aromatic heterocycles. The van der Waals surface area contributed by atoms with Gasteiger partial charge < -0.3 is 10.4 Å². The molecule has 8 heteroatoms. The van der Waals surface area contributed by atoms with E-state index in [-0.39, 0.29) is 23.5 Å². The van der Waals surface area contributed by atoms with Gasteiger partial charge in [-0.25, -0.2) is 8.42 Å². The molecule has 2 heterocycles. The Bertz CT molecular complexity index is 953. The predicted octanol–water partition coefficient (Wildman–Crippen LogP) is 1.43. The summed E-state index contributed by atoms with van der Waals surface area (Å²) in [5.74, 6) is -1.51. The predicted molar refractivity (Wildman–Crippen MR) is 91.2 cm³/mol. The van der Waals surface area contributed by atoms with Crippen LogP contribution in [0.2, 0.25) is 0 Å². The zero-order valence-corrected chi connectivity index (χ0v) is 14.0. The summed E-state index contributed by atoms with van der Waals surface area (Å²) in [6.45, 7) is 0. The number of anilines is 1. The lowest BCUT2D eigenvalue weighted by Crippen LogP contribution is -2.22. The van der Waals surface area contributed by atoms with Crippen molar-refractivity contribution in [3.63, 3.8) is 0 Å². The molecule has 0 spiro atoms. The van der Waals surface area contributed by atoms with Gasteiger partial charge in [-0.05, 0) is 23.3 Å². The first-order valence-electron chi connectivity index (χ1n) is 7.63. The number of hydrogen-bond donors (Lipinski definition) is 2. The Labute approximate surface area is 144 Å². The highest BCUT2D eigenvalue weighted by Crippen LogP contribution is 2.21. The van der Waals surface area contributed by atoms with Crippen molar-refractivity contribution in [1.82, 2.24) is 4.98 Å². The molecule has 1 aromatic carbocycles. The van der Waals surface area contributed by atoms with Crippen molar-refractivity contribution in [2.24, 2.45) is 0 Å². The molecule has 0 unspecified atom stereocenters. The van der Waals surface area contributed by atoms with Crippen LogP contribution in [0.4, 0.5) is 5.69 Å². The number of rotatable bonds is 4. The Morgan fingerprint density at radius 2 is 2.00 bits per heavy atom. The lowest BCUT2D eigenvalue weighted by atomic mass is 10.1. The lowest BCUT2D eigenvalue weighted by molar-refractivity contribution is -0.136. The van der Waals surface area contributed by atoms with E-state index in [1.165, 1.54) is 12.3 Å². The van der Waals surface area contributed by atoms with Gasteiger partial charge in [-0.3, -0.25) is 14.6 Å². The number of carbonyl (C=O) groups excluding carboxylic acids is 1. The van der Waals surface area contributed by atoms with E-state index in [4.69, 9.17) is 5.11 Å². The number of hydrogen-bond acceptors (Lipinski definition) is 5. The van der Waals surface area contributed by atoms with Crippen LogP contribution >= 0.6 is 0 Å². The molecule has 130 valence electrons. The Morgan fingerprint density at radius 3 is 2.76 bits per heavy atom. The number of carbonyl (C=O) groups is 2. The first-order chi connectivity index (χ1) is 11.8. The first kappa shape index (κ1) is 17.1. The van der Waals surface area contributed by atoms with Crippen molar-refractivity contribution >= 4 is 27.4 Å². The number of carboxylic acid groups (broad SMARTS) is 1. The SMILES string of the molecule is O=C(O)Cc1ccccc1NC(=O)c1cnc2c(c1)CS(=O)(=O)CC2. The molecule has 7 nitrogen and oxygen atoms in total. The third kappa shape index (κ3) is 4.03. The maximum Gasteiger partial charge on any atom is 0.307 e. The number of aromatic nitrogens is 1. The Morgan fingerprint density at radius 1 is 1.24 bits per heavy atom. The number of para-hydroxylation sites is 1. The van der Waals surface area contributed by atoms with Crippen LogP contribution in [0, 0.1) is 0 Å². The maximum atomic E-state index is 12.5. The van der Waals surface area contributed by atoms with Gasteiger partial charge in [0.05, 0.1) is 23.5 Å². The highest BCUT2D eigenvalue weighted by atomic mass is 32.2. The number of fused-ring (bicyclic) bond motifs is 1. The van der Waals surface area contributed by atoms with E-state index in [0.717, 1.165) is 0 Å². The minimum atomic E-state index is -3.15. The third-order valence-electron chi connectivity index (χ3n) is 3.95. The number of aliphatic carboxylic acids is 1. The highest BCUT2D eigenvalue weighted by molar-refractivity contribution is 7.90. The zero-order valence-electron chi connectivity index (χ0n) is 13.2. The van der Waals surface area contributed by atoms with Crippen LogP contribution in [0.1, 0.15) is 27.2 Å². The fourth-order valence-corrected chi connectivity index (χ4v) is 4.10. The van der Waals surface area contributed by atoms with Crippen molar-refractivity contribution in [2.45, 2.75) is 18.6 Å². The van der Waals surface area contributed by atoms with Crippen molar-refractivity contribution < 1.29 is 23.1 Å². The zero-order chi connectivity index (χ0) is 18.0. The number of nitrogens with zero attached hydrogens (tertiary/aromatic N) is 1. The standard InChI is InChI=1S/C17H16N2O5S/c20-16(21)8-11-3-1-2-4-15(11)19-17(22)12-7-13-10-25(23,24)6-5-14(13)18-9-12/h1-4,7,9H,5-6,8,10H2,(H,19,22)(H,20,21). The largest absolute Gasteiger partial charge is 0.481 e. The quantitative estimate of drug-likeness (QED) is 0.853.